The topological polar surface area (TPSA) is 77.0 Å². The molecule has 6 nitrogen and oxygen atoms in total. The van der Waals surface area contributed by atoms with Gasteiger partial charge in [0.25, 0.3) is 5.91 Å². The molecule has 8 heteroatoms. The molecule has 1 N–H and O–H groups in total. The van der Waals surface area contributed by atoms with Gasteiger partial charge in [-0.2, -0.15) is 5.10 Å². The summed E-state index contributed by atoms with van der Waals surface area (Å²) >= 11 is 5.78. The normalized spacial score (nSPS) is 10.6. The van der Waals surface area contributed by atoms with Crippen molar-refractivity contribution in [3.05, 3.63) is 94.8 Å². The van der Waals surface area contributed by atoms with Crippen LogP contribution in [0.15, 0.2) is 77.9 Å². The highest BCUT2D eigenvalue weighted by atomic mass is 35.5. The summed E-state index contributed by atoms with van der Waals surface area (Å²) in [6.07, 6.45) is 1.43. The fraction of sp³-hybridized carbons (Fsp3) is 0.0455. The van der Waals surface area contributed by atoms with Gasteiger partial charge in [0, 0.05) is 5.02 Å². The fourth-order valence-corrected chi connectivity index (χ4v) is 2.42. The van der Waals surface area contributed by atoms with E-state index in [-0.39, 0.29) is 12.2 Å². The standard InChI is InChI=1S/C22H16ClFN2O4/c23-17-6-10-19(11-7-17)29-14-21(27)26-25-13-15-4-8-20(9-5-15)30-22(28)16-2-1-3-18(24)12-16/h1-13H,14H2,(H,26,27)/b25-13+. The van der Waals surface area contributed by atoms with Crippen LogP contribution in [-0.2, 0) is 4.79 Å². The van der Waals surface area contributed by atoms with Crippen molar-refractivity contribution in [2.24, 2.45) is 5.10 Å². The molecule has 3 aromatic carbocycles. The summed E-state index contributed by atoms with van der Waals surface area (Å²) in [6, 6.07) is 18.3. The number of carbonyl (C=O) groups is 2. The van der Waals surface area contributed by atoms with Crippen molar-refractivity contribution >= 4 is 29.7 Å². The van der Waals surface area contributed by atoms with E-state index in [2.05, 4.69) is 10.5 Å². The first kappa shape index (κ1) is 21.0. The van der Waals surface area contributed by atoms with E-state index in [1.807, 2.05) is 0 Å². The molecule has 0 aliphatic heterocycles. The molecular weight excluding hydrogens is 411 g/mol. The number of halogens is 2. The number of benzene rings is 3. The van der Waals surface area contributed by atoms with E-state index >= 15 is 0 Å². The Bertz CT molecular complexity index is 1050. The van der Waals surface area contributed by atoms with Gasteiger partial charge in [-0.1, -0.05) is 17.7 Å². The molecule has 30 heavy (non-hydrogen) atoms. The van der Waals surface area contributed by atoms with Crippen molar-refractivity contribution in [3.8, 4) is 11.5 Å². The highest BCUT2D eigenvalue weighted by molar-refractivity contribution is 6.30. The lowest BCUT2D eigenvalue weighted by Gasteiger charge is -2.05. The quantitative estimate of drug-likeness (QED) is 0.265. The number of hydrogen-bond acceptors (Lipinski definition) is 5. The lowest BCUT2D eigenvalue weighted by molar-refractivity contribution is -0.123. The molecule has 0 radical (unpaired) electrons. The van der Waals surface area contributed by atoms with Crippen LogP contribution in [0.2, 0.25) is 5.02 Å². The second-order valence-corrected chi connectivity index (χ2v) is 6.44. The molecule has 152 valence electrons. The summed E-state index contributed by atoms with van der Waals surface area (Å²) in [7, 11) is 0. The molecule has 0 saturated heterocycles. The maximum absolute atomic E-state index is 13.2. The minimum Gasteiger partial charge on any atom is -0.484 e. The van der Waals surface area contributed by atoms with Crippen LogP contribution in [0.4, 0.5) is 4.39 Å². The Hall–Kier alpha value is -3.71. The van der Waals surface area contributed by atoms with Crippen LogP contribution in [0.3, 0.4) is 0 Å². The van der Waals surface area contributed by atoms with Gasteiger partial charge in [0.2, 0.25) is 0 Å². The summed E-state index contributed by atoms with van der Waals surface area (Å²) in [5.74, 6) is -0.800. The first-order valence-corrected chi connectivity index (χ1v) is 9.15. The number of hydrazone groups is 1. The van der Waals surface area contributed by atoms with Crippen LogP contribution < -0.4 is 14.9 Å². The molecule has 0 bridgehead atoms. The average molecular weight is 427 g/mol. The Kier molecular flexibility index (Phi) is 7.13. The SMILES string of the molecule is O=C(COc1ccc(Cl)cc1)N/N=C/c1ccc(OC(=O)c2cccc(F)c2)cc1. The second kappa shape index (κ2) is 10.2. The van der Waals surface area contributed by atoms with E-state index in [1.54, 1.807) is 48.5 Å². The summed E-state index contributed by atoms with van der Waals surface area (Å²) in [4.78, 5) is 23.7. The van der Waals surface area contributed by atoms with Crippen LogP contribution in [0.5, 0.6) is 11.5 Å². The molecule has 0 aliphatic rings. The number of amides is 1. The van der Waals surface area contributed by atoms with Gasteiger partial charge in [-0.25, -0.2) is 14.6 Å². The molecule has 3 aromatic rings. The van der Waals surface area contributed by atoms with Crippen LogP contribution in [0.1, 0.15) is 15.9 Å². The number of hydrogen-bond donors (Lipinski definition) is 1. The zero-order valence-electron chi connectivity index (χ0n) is 15.5. The maximum atomic E-state index is 13.2. The van der Waals surface area contributed by atoms with Crippen molar-refractivity contribution in [1.29, 1.82) is 0 Å². The van der Waals surface area contributed by atoms with E-state index < -0.39 is 17.7 Å². The highest BCUT2D eigenvalue weighted by Crippen LogP contribution is 2.16. The Labute approximate surface area is 176 Å². The fourth-order valence-electron chi connectivity index (χ4n) is 2.29. The molecule has 0 fully saturated rings. The summed E-state index contributed by atoms with van der Waals surface area (Å²) in [5.41, 5.74) is 3.13. The molecule has 0 saturated carbocycles. The van der Waals surface area contributed by atoms with Crippen molar-refractivity contribution in [3.63, 3.8) is 0 Å². The minimum atomic E-state index is -0.663. The summed E-state index contributed by atoms with van der Waals surface area (Å²) < 4.78 is 23.7. The van der Waals surface area contributed by atoms with Gasteiger partial charge in [-0.05, 0) is 72.3 Å². The van der Waals surface area contributed by atoms with Gasteiger partial charge in [0.05, 0.1) is 11.8 Å². The van der Waals surface area contributed by atoms with Crippen molar-refractivity contribution < 1.29 is 23.5 Å². The Morgan fingerprint density at radius 3 is 2.40 bits per heavy atom. The molecule has 0 heterocycles. The molecule has 3 rings (SSSR count). The third-order valence-electron chi connectivity index (χ3n) is 3.74. The van der Waals surface area contributed by atoms with Crippen LogP contribution in [0, 0.1) is 5.82 Å². The summed E-state index contributed by atoms with van der Waals surface area (Å²) in [6.45, 7) is -0.200. The molecule has 0 atom stereocenters. The minimum absolute atomic E-state index is 0.115. The smallest absolute Gasteiger partial charge is 0.343 e. The first-order chi connectivity index (χ1) is 14.5. The maximum Gasteiger partial charge on any atom is 0.343 e. The van der Waals surface area contributed by atoms with Crippen molar-refractivity contribution in [2.75, 3.05) is 6.61 Å². The van der Waals surface area contributed by atoms with Gasteiger partial charge in [0.1, 0.15) is 17.3 Å². The Balaban J connectivity index is 1.46. The average Bonchev–Trinajstić information content (AvgIpc) is 2.74. The van der Waals surface area contributed by atoms with Gasteiger partial charge in [-0.3, -0.25) is 4.79 Å². The number of rotatable bonds is 7. The molecule has 0 spiro atoms. The van der Waals surface area contributed by atoms with E-state index in [9.17, 15) is 14.0 Å². The largest absolute Gasteiger partial charge is 0.484 e. The van der Waals surface area contributed by atoms with Crippen molar-refractivity contribution in [1.82, 2.24) is 5.43 Å². The first-order valence-electron chi connectivity index (χ1n) is 8.78. The summed E-state index contributed by atoms with van der Waals surface area (Å²) in [5, 5.41) is 4.42. The molecular formula is C22H16ClFN2O4. The third-order valence-corrected chi connectivity index (χ3v) is 3.99. The lowest BCUT2D eigenvalue weighted by Crippen LogP contribution is -2.24. The van der Waals surface area contributed by atoms with Crippen LogP contribution >= 0.6 is 11.6 Å². The predicted molar refractivity (Wildman–Crippen MR) is 110 cm³/mol. The van der Waals surface area contributed by atoms with Gasteiger partial charge < -0.3 is 9.47 Å². The number of nitrogens with zero attached hydrogens (tertiary/aromatic N) is 1. The number of esters is 1. The number of nitrogens with one attached hydrogen (secondary N) is 1. The second-order valence-electron chi connectivity index (χ2n) is 6.00. The zero-order chi connectivity index (χ0) is 21.3. The van der Waals surface area contributed by atoms with E-state index in [0.29, 0.717) is 22.1 Å². The molecule has 1 amide bonds. The molecule has 0 unspecified atom stereocenters. The predicted octanol–water partition coefficient (Wildman–Crippen LogP) is 4.23. The molecule has 0 aliphatic carbocycles. The monoisotopic (exact) mass is 426 g/mol. The Morgan fingerprint density at radius 2 is 1.70 bits per heavy atom. The third kappa shape index (κ3) is 6.42. The van der Waals surface area contributed by atoms with Crippen LogP contribution in [0.25, 0.3) is 0 Å². The highest BCUT2D eigenvalue weighted by Gasteiger charge is 2.09. The van der Waals surface area contributed by atoms with Gasteiger partial charge >= 0.3 is 5.97 Å². The van der Waals surface area contributed by atoms with Gasteiger partial charge in [0.15, 0.2) is 6.61 Å². The number of carbonyl (C=O) groups excluding carboxylic acids is 2. The number of ether oxygens (including phenoxy) is 2. The van der Waals surface area contributed by atoms with E-state index in [4.69, 9.17) is 21.1 Å². The van der Waals surface area contributed by atoms with E-state index in [1.165, 1.54) is 24.4 Å². The van der Waals surface area contributed by atoms with Crippen LogP contribution in [-0.4, -0.2) is 24.7 Å². The lowest BCUT2D eigenvalue weighted by atomic mass is 10.2. The van der Waals surface area contributed by atoms with Gasteiger partial charge in [-0.15, -0.1) is 0 Å². The van der Waals surface area contributed by atoms with E-state index in [0.717, 1.165) is 6.07 Å². The zero-order valence-corrected chi connectivity index (χ0v) is 16.3. The van der Waals surface area contributed by atoms with Crippen molar-refractivity contribution in [2.45, 2.75) is 0 Å². The Morgan fingerprint density at radius 1 is 1.00 bits per heavy atom. The molecule has 0 aromatic heterocycles.